The summed E-state index contributed by atoms with van der Waals surface area (Å²) in [5.74, 6) is -1.87. The minimum absolute atomic E-state index is 0.0348. The van der Waals surface area contributed by atoms with Gasteiger partial charge in [-0.25, -0.2) is 18.7 Å². The molecule has 3 aromatic rings. The molecule has 1 aromatic carbocycles. The minimum atomic E-state index is -1.39. The van der Waals surface area contributed by atoms with Crippen molar-refractivity contribution in [2.45, 2.75) is 51.2 Å². The molecule has 0 radical (unpaired) electrons. The molecule has 2 fully saturated rings. The highest BCUT2D eigenvalue weighted by molar-refractivity contribution is 6.30. The number of carboxylic acid groups (broad SMARTS) is 1. The zero-order valence-corrected chi connectivity index (χ0v) is 20.9. The molecule has 0 spiro atoms. The number of aromatic nitrogens is 4. The summed E-state index contributed by atoms with van der Waals surface area (Å²) in [6, 6.07) is 6.52. The van der Waals surface area contributed by atoms with Crippen LogP contribution in [-0.2, 0) is 23.4 Å². The van der Waals surface area contributed by atoms with Crippen LogP contribution in [0, 0.1) is 24.0 Å². The molecule has 37 heavy (non-hydrogen) atoms. The van der Waals surface area contributed by atoms with Gasteiger partial charge in [-0.3, -0.25) is 14.8 Å². The van der Waals surface area contributed by atoms with E-state index in [-0.39, 0.29) is 48.2 Å². The number of piperidine rings is 1. The number of likely N-dealkylation sites (tertiary alicyclic amines) is 1. The van der Waals surface area contributed by atoms with Gasteiger partial charge in [0.2, 0.25) is 5.95 Å². The zero-order chi connectivity index (χ0) is 26.4. The number of nitrogens with zero attached hydrogens (tertiary/aromatic N) is 4. The van der Waals surface area contributed by atoms with Crippen molar-refractivity contribution in [1.29, 1.82) is 0 Å². The first-order chi connectivity index (χ1) is 17.6. The Balaban J connectivity index is 1.39. The Morgan fingerprint density at radius 2 is 1.92 bits per heavy atom. The van der Waals surface area contributed by atoms with Gasteiger partial charge in [0.1, 0.15) is 17.1 Å². The fraction of sp³-hybridized carbons (Fsp3) is 0.440. The first-order valence-electron chi connectivity index (χ1n) is 12.1. The molecular formula is C25H27ClF2N6O3. The molecule has 1 saturated carbocycles. The van der Waals surface area contributed by atoms with Gasteiger partial charge in [0.05, 0.1) is 16.1 Å². The summed E-state index contributed by atoms with van der Waals surface area (Å²) < 4.78 is 29.9. The Bertz CT molecular complexity index is 1340. The van der Waals surface area contributed by atoms with E-state index in [4.69, 9.17) is 11.6 Å². The number of rotatable bonds is 8. The smallest absolute Gasteiger partial charge is 0.310 e. The third-order valence-electron chi connectivity index (χ3n) is 7.23. The van der Waals surface area contributed by atoms with Crippen molar-refractivity contribution in [3.8, 4) is 0 Å². The standard InChI is InChI=1S/C25H27ClF2N6O3/c1-14-11-18(33-32-14)30-23-29-17(20(28)21(31-23)25(37)5-6-25)12-24(22(35)36)7-9-34(10-8-24)13-15-3-2-4-16(26)19(15)27/h2-4,11,37H,5-10,12-13H2,1H3,(H,35,36)(H2,29,30,31,32,33). The number of carbonyl (C=O) groups is 1. The number of halogens is 3. The van der Waals surface area contributed by atoms with Crippen LogP contribution >= 0.6 is 11.6 Å². The number of H-pyrrole nitrogens is 1. The molecule has 2 aromatic heterocycles. The molecule has 2 aliphatic rings. The number of hydrogen-bond donors (Lipinski definition) is 4. The molecule has 0 unspecified atom stereocenters. The van der Waals surface area contributed by atoms with Gasteiger partial charge >= 0.3 is 5.97 Å². The lowest BCUT2D eigenvalue weighted by atomic mass is 9.74. The Labute approximate surface area is 216 Å². The lowest BCUT2D eigenvalue weighted by Gasteiger charge is -2.39. The van der Waals surface area contributed by atoms with E-state index in [0.29, 0.717) is 37.3 Å². The molecular weight excluding hydrogens is 506 g/mol. The maximum atomic E-state index is 15.6. The second-order valence-electron chi connectivity index (χ2n) is 10.0. The maximum Gasteiger partial charge on any atom is 0.310 e. The number of hydrogen-bond acceptors (Lipinski definition) is 7. The molecule has 5 rings (SSSR count). The largest absolute Gasteiger partial charge is 0.481 e. The van der Waals surface area contributed by atoms with Crippen LogP contribution in [0.3, 0.4) is 0 Å². The molecule has 1 aliphatic carbocycles. The number of aryl methyl sites for hydroxylation is 1. The van der Waals surface area contributed by atoms with Crippen LogP contribution in [0.4, 0.5) is 20.5 Å². The molecule has 0 atom stereocenters. The third kappa shape index (κ3) is 5.16. The van der Waals surface area contributed by atoms with Crippen LogP contribution in [0.2, 0.25) is 5.02 Å². The number of carboxylic acids is 1. The van der Waals surface area contributed by atoms with Crippen molar-refractivity contribution in [1.82, 2.24) is 25.1 Å². The molecule has 12 heteroatoms. The fourth-order valence-electron chi connectivity index (χ4n) is 4.76. The summed E-state index contributed by atoms with van der Waals surface area (Å²) in [6.07, 6.45) is 0.984. The molecule has 0 bridgehead atoms. The van der Waals surface area contributed by atoms with Gasteiger partial charge in [-0.15, -0.1) is 0 Å². The summed E-state index contributed by atoms with van der Waals surface area (Å²) >= 11 is 5.89. The molecule has 1 aliphatic heterocycles. The molecule has 196 valence electrons. The van der Waals surface area contributed by atoms with E-state index in [0.717, 1.165) is 5.69 Å². The summed E-state index contributed by atoms with van der Waals surface area (Å²) in [5.41, 5.74) is -1.65. The lowest BCUT2D eigenvalue weighted by Crippen LogP contribution is -2.45. The van der Waals surface area contributed by atoms with Crippen LogP contribution < -0.4 is 5.32 Å². The van der Waals surface area contributed by atoms with Crippen molar-refractivity contribution < 1.29 is 23.8 Å². The van der Waals surface area contributed by atoms with E-state index in [9.17, 15) is 19.4 Å². The summed E-state index contributed by atoms with van der Waals surface area (Å²) in [5, 5.41) is 30.7. The average Bonchev–Trinajstić information content (AvgIpc) is 3.48. The second-order valence-corrected chi connectivity index (χ2v) is 10.4. The third-order valence-corrected chi connectivity index (χ3v) is 7.52. The van der Waals surface area contributed by atoms with Crippen LogP contribution in [0.25, 0.3) is 0 Å². The van der Waals surface area contributed by atoms with Gasteiger partial charge in [-0.2, -0.15) is 5.10 Å². The Kier molecular flexibility index (Phi) is 6.63. The van der Waals surface area contributed by atoms with E-state index >= 15 is 4.39 Å². The average molecular weight is 533 g/mol. The topological polar surface area (TPSA) is 127 Å². The van der Waals surface area contributed by atoms with Crippen LogP contribution in [-0.4, -0.2) is 54.3 Å². The molecule has 0 amide bonds. The molecule has 3 heterocycles. The van der Waals surface area contributed by atoms with Crippen LogP contribution in [0.15, 0.2) is 24.3 Å². The number of benzene rings is 1. The van der Waals surface area contributed by atoms with Gasteiger partial charge in [0, 0.05) is 30.3 Å². The maximum absolute atomic E-state index is 15.6. The first-order valence-corrected chi connectivity index (χ1v) is 12.4. The van der Waals surface area contributed by atoms with Crippen molar-refractivity contribution in [3.63, 3.8) is 0 Å². The number of aliphatic hydroxyl groups is 1. The van der Waals surface area contributed by atoms with Crippen molar-refractivity contribution in [3.05, 3.63) is 63.6 Å². The van der Waals surface area contributed by atoms with Gasteiger partial charge in [-0.05, 0) is 51.8 Å². The van der Waals surface area contributed by atoms with E-state index in [1.807, 2.05) is 11.8 Å². The van der Waals surface area contributed by atoms with Crippen LogP contribution in [0.1, 0.15) is 48.3 Å². The summed E-state index contributed by atoms with van der Waals surface area (Å²) in [7, 11) is 0. The normalized spacial score (nSPS) is 18.5. The number of aliphatic carboxylic acids is 1. The molecule has 4 N–H and O–H groups in total. The van der Waals surface area contributed by atoms with Crippen molar-refractivity contribution in [2.24, 2.45) is 5.41 Å². The number of aromatic amines is 1. The Morgan fingerprint density at radius 3 is 2.54 bits per heavy atom. The quantitative estimate of drug-likeness (QED) is 0.342. The fourth-order valence-corrected chi connectivity index (χ4v) is 4.96. The van der Waals surface area contributed by atoms with Gasteiger partial charge < -0.3 is 15.5 Å². The highest BCUT2D eigenvalue weighted by atomic mass is 35.5. The van der Waals surface area contributed by atoms with Crippen molar-refractivity contribution in [2.75, 3.05) is 18.4 Å². The zero-order valence-electron chi connectivity index (χ0n) is 20.2. The molecule has 1 saturated heterocycles. The van der Waals surface area contributed by atoms with E-state index < -0.39 is 28.6 Å². The Morgan fingerprint density at radius 1 is 1.19 bits per heavy atom. The SMILES string of the molecule is Cc1cc(Nc2nc(CC3(C(=O)O)CCN(Cc4cccc(Cl)c4F)CC3)c(F)c(C3(O)CC3)n2)n[nH]1. The van der Waals surface area contributed by atoms with Crippen LogP contribution in [0.5, 0.6) is 0 Å². The van der Waals surface area contributed by atoms with E-state index in [1.165, 1.54) is 6.07 Å². The molecule has 9 nitrogen and oxygen atoms in total. The Hall–Kier alpha value is -3.15. The second kappa shape index (κ2) is 9.62. The first kappa shape index (κ1) is 25.5. The number of anilines is 2. The van der Waals surface area contributed by atoms with Gasteiger partial charge in [0.25, 0.3) is 0 Å². The summed E-state index contributed by atoms with van der Waals surface area (Å²) in [6.45, 7) is 2.86. The van der Waals surface area contributed by atoms with Crippen molar-refractivity contribution >= 4 is 29.3 Å². The predicted molar refractivity (Wildman–Crippen MR) is 131 cm³/mol. The monoisotopic (exact) mass is 532 g/mol. The minimum Gasteiger partial charge on any atom is -0.481 e. The van der Waals surface area contributed by atoms with Gasteiger partial charge in [-0.1, -0.05) is 23.7 Å². The van der Waals surface area contributed by atoms with Gasteiger partial charge in [0.15, 0.2) is 11.6 Å². The predicted octanol–water partition coefficient (Wildman–Crippen LogP) is 4.07. The van der Waals surface area contributed by atoms with E-state index in [2.05, 4.69) is 25.5 Å². The highest BCUT2D eigenvalue weighted by Gasteiger charge is 2.48. The lowest BCUT2D eigenvalue weighted by molar-refractivity contribution is -0.152. The summed E-state index contributed by atoms with van der Waals surface area (Å²) in [4.78, 5) is 23.0. The van der Waals surface area contributed by atoms with E-state index in [1.54, 1.807) is 18.2 Å². The highest BCUT2D eigenvalue weighted by Crippen LogP contribution is 2.46. The number of nitrogens with one attached hydrogen (secondary N) is 2.